The Balaban J connectivity index is 1.26. The van der Waals surface area contributed by atoms with Gasteiger partial charge in [-0.1, -0.05) is 53.7 Å². The molecule has 0 atom stereocenters. The number of carbonyl (C=O) groups excluding carboxylic acids is 1. The van der Waals surface area contributed by atoms with Gasteiger partial charge in [-0.3, -0.25) is 9.36 Å². The van der Waals surface area contributed by atoms with Gasteiger partial charge in [0.25, 0.3) is 0 Å². The van der Waals surface area contributed by atoms with Gasteiger partial charge in [-0.2, -0.15) is 0 Å². The minimum absolute atomic E-state index is 0.0758. The predicted molar refractivity (Wildman–Crippen MR) is 130 cm³/mol. The van der Waals surface area contributed by atoms with Gasteiger partial charge < -0.3 is 14.7 Å². The smallest absolute Gasteiger partial charge is 0.230 e. The van der Waals surface area contributed by atoms with E-state index in [-0.39, 0.29) is 11.7 Å². The van der Waals surface area contributed by atoms with Crippen LogP contribution >= 0.6 is 23.4 Å². The number of amides is 1. The quantitative estimate of drug-likeness (QED) is 0.303. The van der Waals surface area contributed by atoms with Crippen molar-refractivity contribution < 1.29 is 9.21 Å². The van der Waals surface area contributed by atoms with Gasteiger partial charge in [-0.05, 0) is 42.3 Å². The van der Waals surface area contributed by atoms with Crippen LogP contribution in [0.5, 0.6) is 0 Å². The van der Waals surface area contributed by atoms with E-state index in [9.17, 15) is 4.79 Å². The van der Waals surface area contributed by atoms with E-state index in [1.54, 1.807) is 18.4 Å². The molecule has 2 N–H and O–H groups in total. The van der Waals surface area contributed by atoms with Crippen molar-refractivity contribution in [1.29, 1.82) is 0 Å². The van der Waals surface area contributed by atoms with Gasteiger partial charge in [0.05, 0.1) is 22.7 Å². The number of aromatic nitrogens is 4. The van der Waals surface area contributed by atoms with E-state index in [1.807, 2.05) is 53.2 Å². The van der Waals surface area contributed by atoms with Gasteiger partial charge >= 0.3 is 0 Å². The SMILES string of the molecule is O=C(CSc1nnc(-c2ccco2)n1-c1ccccc1Cl)NCCc1c[nH]c2ccccc12. The highest BCUT2D eigenvalue weighted by Crippen LogP contribution is 2.31. The molecule has 0 aliphatic carbocycles. The molecule has 0 aliphatic rings. The van der Waals surface area contributed by atoms with Gasteiger partial charge in [-0.25, -0.2) is 0 Å². The highest BCUT2D eigenvalue weighted by atomic mass is 35.5. The van der Waals surface area contributed by atoms with Crippen molar-refractivity contribution in [2.24, 2.45) is 0 Å². The fraction of sp³-hybridized carbons (Fsp3) is 0.125. The van der Waals surface area contributed by atoms with Crippen LogP contribution in [0.3, 0.4) is 0 Å². The monoisotopic (exact) mass is 477 g/mol. The first-order valence-electron chi connectivity index (χ1n) is 10.4. The fourth-order valence-electron chi connectivity index (χ4n) is 3.64. The zero-order chi connectivity index (χ0) is 22.6. The van der Waals surface area contributed by atoms with Crippen LogP contribution in [0.1, 0.15) is 5.56 Å². The molecule has 5 aromatic rings. The highest BCUT2D eigenvalue weighted by molar-refractivity contribution is 7.99. The van der Waals surface area contributed by atoms with Crippen molar-refractivity contribution in [1.82, 2.24) is 25.1 Å². The van der Waals surface area contributed by atoms with Crippen molar-refractivity contribution in [2.45, 2.75) is 11.6 Å². The molecule has 0 aliphatic heterocycles. The van der Waals surface area contributed by atoms with E-state index in [0.29, 0.717) is 28.3 Å². The fourth-order valence-corrected chi connectivity index (χ4v) is 4.63. The summed E-state index contributed by atoms with van der Waals surface area (Å²) >= 11 is 7.74. The van der Waals surface area contributed by atoms with E-state index in [1.165, 1.54) is 22.7 Å². The number of aromatic amines is 1. The molecule has 0 saturated heterocycles. The Labute approximate surface area is 199 Å². The molecule has 5 rings (SSSR count). The molecule has 0 unspecified atom stereocenters. The van der Waals surface area contributed by atoms with Crippen molar-refractivity contribution in [2.75, 3.05) is 12.3 Å². The van der Waals surface area contributed by atoms with Crippen LogP contribution in [0.4, 0.5) is 0 Å². The molecule has 0 radical (unpaired) electrons. The predicted octanol–water partition coefficient (Wildman–Crippen LogP) is 5.11. The van der Waals surface area contributed by atoms with E-state index in [0.717, 1.165) is 17.6 Å². The number of nitrogens with one attached hydrogen (secondary N) is 2. The molecule has 33 heavy (non-hydrogen) atoms. The first-order chi connectivity index (χ1) is 16.2. The number of H-pyrrole nitrogens is 1. The average Bonchev–Trinajstić information content (AvgIpc) is 3.58. The molecule has 2 aromatic carbocycles. The van der Waals surface area contributed by atoms with E-state index in [4.69, 9.17) is 16.0 Å². The zero-order valence-corrected chi connectivity index (χ0v) is 19.1. The van der Waals surface area contributed by atoms with Crippen LogP contribution in [-0.4, -0.2) is 38.0 Å². The third kappa shape index (κ3) is 4.53. The molecule has 166 valence electrons. The molecule has 3 heterocycles. The lowest BCUT2D eigenvalue weighted by Crippen LogP contribution is -2.27. The number of carbonyl (C=O) groups is 1. The third-order valence-electron chi connectivity index (χ3n) is 5.19. The summed E-state index contributed by atoms with van der Waals surface area (Å²) in [7, 11) is 0. The summed E-state index contributed by atoms with van der Waals surface area (Å²) < 4.78 is 7.33. The lowest BCUT2D eigenvalue weighted by Gasteiger charge is -2.11. The molecule has 0 fully saturated rings. The van der Waals surface area contributed by atoms with Crippen molar-refractivity contribution in [3.63, 3.8) is 0 Å². The van der Waals surface area contributed by atoms with Gasteiger partial charge in [0, 0.05) is 23.6 Å². The standard InChI is InChI=1S/C24H20ClN5O2S/c25-18-7-2-4-9-20(18)30-23(21-10-5-13-32-21)28-29-24(30)33-15-22(31)26-12-11-16-14-27-19-8-3-1-6-17(16)19/h1-10,13-14,27H,11-12,15H2,(H,26,31). The normalized spacial score (nSPS) is 11.2. The van der Waals surface area contributed by atoms with Crippen LogP contribution in [0, 0.1) is 0 Å². The first-order valence-corrected chi connectivity index (χ1v) is 11.8. The maximum absolute atomic E-state index is 12.5. The number of benzene rings is 2. The summed E-state index contributed by atoms with van der Waals surface area (Å²) in [6, 6.07) is 19.2. The van der Waals surface area contributed by atoms with Crippen LogP contribution in [0.25, 0.3) is 28.2 Å². The molecular weight excluding hydrogens is 458 g/mol. The van der Waals surface area contributed by atoms with Crippen molar-refractivity contribution in [3.05, 3.63) is 83.7 Å². The second-order valence-corrected chi connectivity index (χ2v) is 8.67. The summed E-state index contributed by atoms with van der Waals surface area (Å²) in [5.41, 5.74) is 3.00. The minimum Gasteiger partial charge on any atom is -0.461 e. The number of thioether (sulfide) groups is 1. The number of halogens is 1. The van der Waals surface area contributed by atoms with Crippen LogP contribution in [0.15, 0.2) is 82.7 Å². The van der Waals surface area contributed by atoms with E-state index < -0.39 is 0 Å². The summed E-state index contributed by atoms with van der Waals surface area (Å²) in [6.07, 6.45) is 4.32. The average molecular weight is 478 g/mol. The summed E-state index contributed by atoms with van der Waals surface area (Å²) in [4.78, 5) is 15.8. The third-order valence-corrected chi connectivity index (χ3v) is 6.44. The molecule has 9 heteroatoms. The van der Waals surface area contributed by atoms with Crippen molar-refractivity contribution >= 4 is 40.2 Å². The van der Waals surface area contributed by atoms with Crippen LogP contribution in [0.2, 0.25) is 5.02 Å². The Hall–Kier alpha value is -3.49. The van der Waals surface area contributed by atoms with E-state index >= 15 is 0 Å². The largest absolute Gasteiger partial charge is 0.461 e. The van der Waals surface area contributed by atoms with Gasteiger partial charge in [-0.15, -0.1) is 10.2 Å². The van der Waals surface area contributed by atoms with E-state index in [2.05, 4.69) is 26.6 Å². The molecule has 3 aromatic heterocycles. The number of para-hydroxylation sites is 2. The number of rotatable bonds is 8. The highest BCUT2D eigenvalue weighted by Gasteiger charge is 2.20. The lowest BCUT2D eigenvalue weighted by atomic mass is 10.1. The summed E-state index contributed by atoms with van der Waals surface area (Å²) in [5.74, 6) is 1.22. The Morgan fingerprint density at radius 3 is 2.79 bits per heavy atom. The first kappa shape index (κ1) is 21.4. The Morgan fingerprint density at radius 1 is 1.09 bits per heavy atom. The molecule has 0 bridgehead atoms. The Morgan fingerprint density at radius 2 is 1.94 bits per heavy atom. The maximum Gasteiger partial charge on any atom is 0.230 e. The van der Waals surface area contributed by atoms with Crippen LogP contribution in [-0.2, 0) is 11.2 Å². The van der Waals surface area contributed by atoms with Gasteiger partial charge in [0.1, 0.15) is 0 Å². The Bertz CT molecular complexity index is 1390. The number of hydrogen-bond acceptors (Lipinski definition) is 5. The number of hydrogen-bond donors (Lipinski definition) is 2. The Kier molecular flexibility index (Phi) is 6.19. The lowest BCUT2D eigenvalue weighted by molar-refractivity contribution is -0.118. The second kappa shape index (κ2) is 9.56. The molecular formula is C24H20ClN5O2S. The summed E-state index contributed by atoms with van der Waals surface area (Å²) in [5, 5.41) is 13.8. The maximum atomic E-state index is 12.5. The molecule has 0 spiro atoms. The summed E-state index contributed by atoms with van der Waals surface area (Å²) in [6.45, 7) is 0.552. The molecule has 1 amide bonds. The number of fused-ring (bicyclic) bond motifs is 1. The topological polar surface area (TPSA) is 88.7 Å². The van der Waals surface area contributed by atoms with Gasteiger partial charge in [0.15, 0.2) is 10.9 Å². The number of furan rings is 1. The van der Waals surface area contributed by atoms with Crippen molar-refractivity contribution in [3.8, 4) is 17.3 Å². The zero-order valence-electron chi connectivity index (χ0n) is 17.5. The number of nitrogens with zero attached hydrogens (tertiary/aromatic N) is 3. The van der Waals surface area contributed by atoms with Crippen LogP contribution < -0.4 is 5.32 Å². The molecule has 0 saturated carbocycles. The molecule has 7 nitrogen and oxygen atoms in total. The second-order valence-electron chi connectivity index (χ2n) is 7.32. The minimum atomic E-state index is -0.0758. The van der Waals surface area contributed by atoms with Gasteiger partial charge in [0.2, 0.25) is 11.7 Å².